The zero-order chi connectivity index (χ0) is 13.1. The van der Waals surface area contributed by atoms with Crippen molar-refractivity contribution < 1.29 is 14.7 Å². The van der Waals surface area contributed by atoms with Crippen molar-refractivity contribution in [3.8, 4) is 0 Å². The molecule has 0 aromatic rings. The zero-order valence-corrected chi connectivity index (χ0v) is 10.5. The predicted octanol–water partition coefficient (Wildman–Crippen LogP) is -0.657. The second kappa shape index (κ2) is 5.46. The standard InChI is InChI=1S/C11H21N3O3/c1-3-11(2,12)10(17)14-6-4-13(5-7-14)8-9(15)16/h3-8,12H2,1-2H3,(H,15,16). The minimum Gasteiger partial charge on any atom is -0.480 e. The van der Waals surface area contributed by atoms with E-state index in [9.17, 15) is 9.59 Å². The number of piperazine rings is 1. The highest BCUT2D eigenvalue weighted by molar-refractivity contribution is 5.85. The van der Waals surface area contributed by atoms with Crippen LogP contribution in [0.25, 0.3) is 0 Å². The zero-order valence-electron chi connectivity index (χ0n) is 10.5. The van der Waals surface area contributed by atoms with E-state index in [1.54, 1.807) is 11.8 Å². The van der Waals surface area contributed by atoms with Gasteiger partial charge >= 0.3 is 5.97 Å². The van der Waals surface area contributed by atoms with Gasteiger partial charge in [-0.3, -0.25) is 14.5 Å². The van der Waals surface area contributed by atoms with Crippen LogP contribution in [0.5, 0.6) is 0 Å². The second-order valence-electron chi connectivity index (χ2n) is 4.73. The summed E-state index contributed by atoms with van der Waals surface area (Å²) in [6.07, 6.45) is 0.598. The Labute approximate surface area is 101 Å². The van der Waals surface area contributed by atoms with Gasteiger partial charge in [0, 0.05) is 26.2 Å². The first-order valence-electron chi connectivity index (χ1n) is 5.89. The summed E-state index contributed by atoms with van der Waals surface area (Å²) in [4.78, 5) is 26.1. The number of carbonyl (C=O) groups excluding carboxylic acids is 1. The molecule has 6 heteroatoms. The Balaban J connectivity index is 2.47. The highest BCUT2D eigenvalue weighted by atomic mass is 16.4. The van der Waals surface area contributed by atoms with Crippen LogP contribution in [0.15, 0.2) is 0 Å². The number of hydrogen-bond acceptors (Lipinski definition) is 4. The highest BCUT2D eigenvalue weighted by Crippen LogP contribution is 2.12. The normalized spacial score (nSPS) is 21.0. The predicted molar refractivity (Wildman–Crippen MR) is 63.5 cm³/mol. The van der Waals surface area contributed by atoms with Crippen LogP contribution in [0.2, 0.25) is 0 Å². The molecule has 1 heterocycles. The molecule has 6 nitrogen and oxygen atoms in total. The summed E-state index contributed by atoms with van der Waals surface area (Å²) >= 11 is 0. The first-order valence-corrected chi connectivity index (χ1v) is 5.89. The van der Waals surface area contributed by atoms with Gasteiger partial charge in [-0.1, -0.05) is 6.92 Å². The van der Waals surface area contributed by atoms with E-state index in [4.69, 9.17) is 10.8 Å². The van der Waals surface area contributed by atoms with Crippen LogP contribution in [0, 0.1) is 0 Å². The lowest BCUT2D eigenvalue weighted by molar-refractivity contribution is -0.141. The molecule has 17 heavy (non-hydrogen) atoms. The summed E-state index contributed by atoms with van der Waals surface area (Å²) in [5.74, 6) is -0.878. The van der Waals surface area contributed by atoms with Crippen molar-refractivity contribution in [3.05, 3.63) is 0 Å². The number of carboxylic acids is 1. The van der Waals surface area contributed by atoms with E-state index in [2.05, 4.69) is 0 Å². The second-order valence-corrected chi connectivity index (χ2v) is 4.73. The average molecular weight is 243 g/mol. The first kappa shape index (κ1) is 13.9. The molecule has 1 fully saturated rings. The molecule has 0 aromatic heterocycles. The van der Waals surface area contributed by atoms with Crippen LogP contribution in [0.1, 0.15) is 20.3 Å². The van der Waals surface area contributed by atoms with E-state index in [1.165, 1.54) is 0 Å². The lowest BCUT2D eigenvalue weighted by atomic mass is 9.98. The van der Waals surface area contributed by atoms with Crippen molar-refractivity contribution >= 4 is 11.9 Å². The molecule has 98 valence electrons. The van der Waals surface area contributed by atoms with Gasteiger partial charge in [0.1, 0.15) is 0 Å². The van der Waals surface area contributed by atoms with Gasteiger partial charge in [0.2, 0.25) is 5.91 Å². The maximum absolute atomic E-state index is 12.0. The van der Waals surface area contributed by atoms with E-state index < -0.39 is 11.5 Å². The van der Waals surface area contributed by atoms with Crippen LogP contribution in [-0.4, -0.2) is 65.0 Å². The molecule has 0 saturated carbocycles. The Morgan fingerprint density at radius 3 is 2.24 bits per heavy atom. The molecule has 1 rings (SSSR count). The molecule has 1 unspecified atom stereocenters. The fraction of sp³-hybridized carbons (Fsp3) is 0.818. The molecule has 0 radical (unpaired) electrons. The molecule has 1 atom stereocenters. The number of nitrogens with zero attached hydrogens (tertiary/aromatic N) is 2. The van der Waals surface area contributed by atoms with Crippen molar-refractivity contribution in [2.75, 3.05) is 32.7 Å². The topological polar surface area (TPSA) is 86.9 Å². The van der Waals surface area contributed by atoms with Crippen LogP contribution in [-0.2, 0) is 9.59 Å². The SMILES string of the molecule is CCC(C)(N)C(=O)N1CCN(CC(=O)O)CC1. The number of aliphatic carboxylic acids is 1. The smallest absolute Gasteiger partial charge is 0.317 e. The van der Waals surface area contributed by atoms with Crippen molar-refractivity contribution in [1.29, 1.82) is 0 Å². The summed E-state index contributed by atoms with van der Waals surface area (Å²) in [7, 11) is 0. The van der Waals surface area contributed by atoms with Crippen LogP contribution in [0.3, 0.4) is 0 Å². The van der Waals surface area contributed by atoms with Gasteiger partial charge < -0.3 is 15.7 Å². The Hall–Kier alpha value is -1.14. The van der Waals surface area contributed by atoms with Gasteiger partial charge in [-0.05, 0) is 13.3 Å². The van der Waals surface area contributed by atoms with Crippen LogP contribution in [0.4, 0.5) is 0 Å². The Morgan fingerprint density at radius 1 is 1.29 bits per heavy atom. The monoisotopic (exact) mass is 243 g/mol. The molecule has 0 aliphatic carbocycles. The Morgan fingerprint density at radius 2 is 1.82 bits per heavy atom. The minimum absolute atomic E-state index is 0.0374. The van der Waals surface area contributed by atoms with E-state index in [1.807, 2.05) is 11.8 Å². The van der Waals surface area contributed by atoms with Crippen molar-refractivity contribution in [2.45, 2.75) is 25.8 Å². The van der Waals surface area contributed by atoms with E-state index in [-0.39, 0.29) is 12.5 Å². The number of carbonyl (C=O) groups is 2. The number of carboxylic acid groups (broad SMARTS) is 1. The largest absolute Gasteiger partial charge is 0.480 e. The van der Waals surface area contributed by atoms with Gasteiger partial charge in [0.15, 0.2) is 0 Å². The molecule has 3 N–H and O–H groups in total. The van der Waals surface area contributed by atoms with Gasteiger partial charge in [0.05, 0.1) is 12.1 Å². The Kier molecular flexibility index (Phi) is 4.47. The number of amides is 1. The van der Waals surface area contributed by atoms with Crippen LogP contribution >= 0.6 is 0 Å². The van der Waals surface area contributed by atoms with E-state index in [0.29, 0.717) is 32.6 Å². The maximum Gasteiger partial charge on any atom is 0.317 e. The van der Waals surface area contributed by atoms with Crippen molar-refractivity contribution in [1.82, 2.24) is 9.80 Å². The fourth-order valence-corrected chi connectivity index (χ4v) is 1.81. The fourth-order valence-electron chi connectivity index (χ4n) is 1.81. The van der Waals surface area contributed by atoms with Gasteiger partial charge in [-0.25, -0.2) is 0 Å². The van der Waals surface area contributed by atoms with Gasteiger partial charge in [0.25, 0.3) is 0 Å². The third kappa shape index (κ3) is 3.67. The molecule has 1 saturated heterocycles. The van der Waals surface area contributed by atoms with Crippen LogP contribution < -0.4 is 5.73 Å². The molecule has 1 amide bonds. The maximum atomic E-state index is 12.0. The van der Waals surface area contributed by atoms with Gasteiger partial charge in [-0.2, -0.15) is 0 Å². The molecule has 0 spiro atoms. The highest BCUT2D eigenvalue weighted by Gasteiger charge is 2.32. The van der Waals surface area contributed by atoms with Gasteiger partial charge in [-0.15, -0.1) is 0 Å². The molecule has 1 aliphatic heterocycles. The summed E-state index contributed by atoms with van der Waals surface area (Å²) < 4.78 is 0. The summed E-state index contributed by atoms with van der Waals surface area (Å²) in [5, 5.41) is 8.67. The van der Waals surface area contributed by atoms with E-state index in [0.717, 1.165) is 0 Å². The Bertz CT molecular complexity index is 296. The molecule has 0 aromatic carbocycles. The number of rotatable bonds is 4. The third-order valence-electron chi connectivity index (χ3n) is 3.24. The lowest BCUT2D eigenvalue weighted by Crippen LogP contribution is -2.58. The molecular weight excluding hydrogens is 222 g/mol. The molecule has 0 bridgehead atoms. The summed E-state index contributed by atoms with van der Waals surface area (Å²) in [5.41, 5.74) is 5.10. The van der Waals surface area contributed by atoms with Crippen molar-refractivity contribution in [3.63, 3.8) is 0 Å². The minimum atomic E-state index is -0.831. The number of hydrogen-bond donors (Lipinski definition) is 2. The van der Waals surface area contributed by atoms with Crippen molar-refractivity contribution in [2.24, 2.45) is 5.73 Å². The molecule has 1 aliphatic rings. The van der Waals surface area contributed by atoms with E-state index >= 15 is 0 Å². The summed E-state index contributed by atoms with van der Waals surface area (Å²) in [6.45, 7) is 5.96. The first-order chi connectivity index (χ1) is 7.86. The average Bonchev–Trinajstić information content (AvgIpc) is 2.28. The number of nitrogens with two attached hydrogens (primary N) is 1. The quantitative estimate of drug-likeness (QED) is 0.684. The third-order valence-corrected chi connectivity index (χ3v) is 3.24. The lowest BCUT2D eigenvalue weighted by Gasteiger charge is -2.37. The molecular formula is C11H21N3O3. The summed E-state index contributed by atoms with van der Waals surface area (Å²) in [6, 6.07) is 0.